The van der Waals surface area contributed by atoms with Gasteiger partial charge in [-0.2, -0.15) is 5.26 Å². The molecule has 1 aromatic carbocycles. The van der Waals surface area contributed by atoms with Gasteiger partial charge in [-0.05, 0) is 41.3 Å². The summed E-state index contributed by atoms with van der Waals surface area (Å²) in [5.74, 6) is -0.484. The largest absolute Gasteiger partial charge is 0.297 e. The van der Waals surface area contributed by atoms with E-state index in [1.807, 2.05) is 23.6 Å². The summed E-state index contributed by atoms with van der Waals surface area (Å²) >= 11 is 15.0. The van der Waals surface area contributed by atoms with Crippen molar-refractivity contribution in [3.63, 3.8) is 0 Å². The SMILES string of the molecule is N#C/C(=C/c1cccs1)C(=O)Nc1ncc(Cc2cc(Cl)ccc2Cl)s1. The molecular weight excluding hydrogens is 409 g/mol. The topological polar surface area (TPSA) is 65.8 Å². The number of rotatable bonds is 5. The summed E-state index contributed by atoms with van der Waals surface area (Å²) in [6, 6.07) is 10.9. The average Bonchev–Trinajstić information content (AvgIpc) is 3.28. The van der Waals surface area contributed by atoms with Gasteiger partial charge in [0.25, 0.3) is 5.91 Å². The zero-order valence-corrected chi connectivity index (χ0v) is 16.3. The highest BCUT2D eigenvalue weighted by Crippen LogP contribution is 2.27. The first kappa shape index (κ1) is 18.6. The van der Waals surface area contributed by atoms with Crippen LogP contribution < -0.4 is 5.32 Å². The van der Waals surface area contributed by atoms with Gasteiger partial charge in [0.05, 0.1) is 0 Å². The van der Waals surface area contributed by atoms with Crippen LogP contribution in [0.5, 0.6) is 0 Å². The molecule has 130 valence electrons. The number of thiazole rings is 1. The van der Waals surface area contributed by atoms with Crippen molar-refractivity contribution in [1.82, 2.24) is 4.98 Å². The van der Waals surface area contributed by atoms with E-state index in [1.54, 1.807) is 30.5 Å². The molecular formula is C18H11Cl2N3OS2. The minimum absolute atomic E-state index is 0.0297. The zero-order chi connectivity index (χ0) is 18.5. The second-order valence-corrected chi connectivity index (χ2v) is 8.12. The van der Waals surface area contributed by atoms with Crippen LogP contribution in [0.4, 0.5) is 5.13 Å². The van der Waals surface area contributed by atoms with Gasteiger partial charge in [0, 0.05) is 32.4 Å². The number of nitrogens with one attached hydrogen (secondary N) is 1. The van der Waals surface area contributed by atoms with E-state index in [4.69, 9.17) is 23.2 Å². The van der Waals surface area contributed by atoms with Crippen molar-refractivity contribution < 1.29 is 4.79 Å². The van der Waals surface area contributed by atoms with Crippen LogP contribution in [0.3, 0.4) is 0 Å². The highest BCUT2D eigenvalue weighted by Gasteiger charge is 2.13. The van der Waals surface area contributed by atoms with Gasteiger partial charge < -0.3 is 0 Å². The van der Waals surface area contributed by atoms with Gasteiger partial charge in [-0.3, -0.25) is 10.1 Å². The lowest BCUT2D eigenvalue weighted by atomic mass is 10.1. The number of carbonyl (C=O) groups excluding carboxylic acids is 1. The van der Waals surface area contributed by atoms with Gasteiger partial charge in [-0.25, -0.2) is 4.98 Å². The molecule has 3 aromatic rings. The molecule has 0 radical (unpaired) electrons. The first-order chi connectivity index (χ1) is 12.5. The molecule has 0 saturated heterocycles. The van der Waals surface area contributed by atoms with Crippen molar-refractivity contribution in [3.05, 3.63) is 72.8 Å². The standard InChI is InChI=1S/C18H11Cl2N3OS2/c19-13-3-4-16(20)11(6-13)7-15-10-22-18(26-15)23-17(24)12(9-21)8-14-2-1-5-25-14/h1-6,8,10H,7H2,(H,22,23,24)/b12-8-. The third kappa shape index (κ3) is 4.71. The van der Waals surface area contributed by atoms with Crippen LogP contribution in [0, 0.1) is 11.3 Å². The minimum atomic E-state index is -0.484. The number of hydrogen-bond donors (Lipinski definition) is 1. The number of nitrogens with zero attached hydrogens (tertiary/aromatic N) is 2. The van der Waals surface area contributed by atoms with Gasteiger partial charge in [-0.1, -0.05) is 29.3 Å². The van der Waals surface area contributed by atoms with E-state index in [9.17, 15) is 10.1 Å². The Bertz CT molecular complexity index is 1000. The third-order valence-corrected chi connectivity index (χ3v) is 5.68. The molecule has 2 heterocycles. The lowest BCUT2D eigenvalue weighted by molar-refractivity contribution is -0.112. The van der Waals surface area contributed by atoms with Crippen LogP contribution in [0.15, 0.2) is 47.5 Å². The summed E-state index contributed by atoms with van der Waals surface area (Å²) < 4.78 is 0. The minimum Gasteiger partial charge on any atom is -0.297 e. The summed E-state index contributed by atoms with van der Waals surface area (Å²) in [4.78, 5) is 18.2. The molecule has 0 aliphatic heterocycles. The van der Waals surface area contributed by atoms with Crippen LogP contribution in [0.1, 0.15) is 15.3 Å². The Hall–Kier alpha value is -2.17. The van der Waals surface area contributed by atoms with Crippen molar-refractivity contribution in [2.45, 2.75) is 6.42 Å². The number of carbonyl (C=O) groups is 1. The van der Waals surface area contributed by atoms with E-state index >= 15 is 0 Å². The maximum Gasteiger partial charge on any atom is 0.268 e. The maximum atomic E-state index is 12.3. The first-order valence-electron chi connectivity index (χ1n) is 7.40. The monoisotopic (exact) mass is 419 g/mol. The van der Waals surface area contributed by atoms with Gasteiger partial charge in [-0.15, -0.1) is 22.7 Å². The van der Waals surface area contributed by atoms with Crippen molar-refractivity contribution in [3.8, 4) is 6.07 Å². The average molecular weight is 420 g/mol. The molecule has 0 atom stereocenters. The Kier molecular flexibility index (Phi) is 6.07. The van der Waals surface area contributed by atoms with Crippen LogP contribution >= 0.6 is 45.9 Å². The lowest BCUT2D eigenvalue weighted by Crippen LogP contribution is -2.13. The summed E-state index contributed by atoms with van der Waals surface area (Å²) in [5, 5.41) is 15.4. The number of amides is 1. The number of halogens is 2. The molecule has 0 aliphatic rings. The van der Waals surface area contributed by atoms with Gasteiger partial charge in [0.1, 0.15) is 11.6 Å². The first-order valence-corrected chi connectivity index (χ1v) is 9.85. The Balaban J connectivity index is 1.71. The fourth-order valence-corrected chi connectivity index (χ4v) is 4.01. The number of nitriles is 1. The van der Waals surface area contributed by atoms with Crippen molar-refractivity contribution in [2.24, 2.45) is 0 Å². The van der Waals surface area contributed by atoms with Gasteiger partial charge >= 0.3 is 0 Å². The smallest absolute Gasteiger partial charge is 0.268 e. The van der Waals surface area contributed by atoms with E-state index < -0.39 is 5.91 Å². The fourth-order valence-electron chi connectivity index (χ4n) is 2.14. The molecule has 0 saturated carbocycles. The van der Waals surface area contributed by atoms with Gasteiger partial charge in [0.15, 0.2) is 5.13 Å². The van der Waals surface area contributed by atoms with Gasteiger partial charge in [0.2, 0.25) is 0 Å². The van der Waals surface area contributed by atoms with Crippen molar-refractivity contribution in [1.29, 1.82) is 5.26 Å². The van der Waals surface area contributed by atoms with Crippen molar-refractivity contribution >= 4 is 63.0 Å². The Morgan fingerprint density at radius 1 is 1.35 bits per heavy atom. The molecule has 0 unspecified atom stereocenters. The quantitative estimate of drug-likeness (QED) is 0.429. The van der Waals surface area contributed by atoms with Crippen molar-refractivity contribution in [2.75, 3.05) is 5.32 Å². The summed E-state index contributed by atoms with van der Waals surface area (Å²) in [6.45, 7) is 0. The molecule has 0 bridgehead atoms. The third-order valence-electron chi connectivity index (χ3n) is 3.34. The van der Waals surface area contributed by atoms with Crippen LogP contribution in [-0.4, -0.2) is 10.9 Å². The number of benzene rings is 1. The maximum absolute atomic E-state index is 12.3. The highest BCUT2D eigenvalue weighted by molar-refractivity contribution is 7.15. The summed E-state index contributed by atoms with van der Waals surface area (Å²) in [7, 11) is 0. The molecule has 0 spiro atoms. The van der Waals surface area contributed by atoms with Crippen LogP contribution in [-0.2, 0) is 11.2 Å². The molecule has 1 N–H and O–H groups in total. The molecule has 0 aliphatic carbocycles. The number of aromatic nitrogens is 1. The Morgan fingerprint density at radius 3 is 2.92 bits per heavy atom. The predicted molar refractivity (Wildman–Crippen MR) is 108 cm³/mol. The molecule has 1 amide bonds. The predicted octanol–water partition coefficient (Wildman–Crippen LogP) is 5.65. The molecule has 2 aromatic heterocycles. The number of hydrogen-bond acceptors (Lipinski definition) is 5. The molecule has 0 fully saturated rings. The van der Waals surface area contributed by atoms with E-state index in [1.165, 1.54) is 22.7 Å². The molecule has 26 heavy (non-hydrogen) atoms. The second-order valence-electron chi connectivity index (χ2n) is 5.18. The lowest BCUT2D eigenvalue weighted by Gasteiger charge is -2.02. The van der Waals surface area contributed by atoms with E-state index in [0.29, 0.717) is 21.6 Å². The van der Waals surface area contributed by atoms with E-state index in [-0.39, 0.29) is 5.57 Å². The molecule has 4 nitrogen and oxygen atoms in total. The zero-order valence-electron chi connectivity index (χ0n) is 13.2. The van der Waals surface area contributed by atoms with E-state index in [2.05, 4.69) is 10.3 Å². The molecule has 8 heteroatoms. The van der Waals surface area contributed by atoms with Crippen LogP contribution in [0.25, 0.3) is 6.08 Å². The summed E-state index contributed by atoms with van der Waals surface area (Å²) in [6.07, 6.45) is 3.79. The normalized spacial score (nSPS) is 11.2. The van der Waals surface area contributed by atoms with E-state index in [0.717, 1.165) is 15.3 Å². The fraction of sp³-hybridized carbons (Fsp3) is 0.0556. The number of thiophene rings is 1. The summed E-state index contributed by atoms with van der Waals surface area (Å²) in [5.41, 5.74) is 0.915. The Morgan fingerprint density at radius 2 is 2.19 bits per heavy atom. The van der Waals surface area contributed by atoms with Crippen LogP contribution in [0.2, 0.25) is 10.0 Å². The number of anilines is 1. The highest BCUT2D eigenvalue weighted by atomic mass is 35.5. The Labute approximate surface area is 168 Å². The second kappa shape index (κ2) is 8.47. The molecule has 3 rings (SSSR count).